The maximum atomic E-state index is 12.3. The number of piperidine rings is 1. The molecule has 1 saturated heterocycles. The topological polar surface area (TPSA) is 60.9 Å². The summed E-state index contributed by atoms with van der Waals surface area (Å²) in [5.41, 5.74) is 0.975. The smallest absolute Gasteiger partial charge is 0.242 e. The summed E-state index contributed by atoms with van der Waals surface area (Å²) >= 11 is 0. The predicted molar refractivity (Wildman–Crippen MR) is 91.7 cm³/mol. The Morgan fingerprint density at radius 2 is 2.09 bits per heavy atom. The average molecular weight is 340 g/mol. The molecule has 0 saturated carbocycles. The van der Waals surface area contributed by atoms with Gasteiger partial charge in [0.2, 0.25) is 10.0 Å². The fraction of sp³-hybridized carbons (Fsp3) is 0.647. The van der Waals surface area contributed by atoms with Crippen molar-refractivity contribution in [3.05, 3.63) is 29.8 Å². The molecule has 1 fully saturated rings. The van der Waals surface area contributed by atoms with Crippen LogP contribution in [0, 0.1) is 0 Å². The van der Waals surface area contributed by atoms with Crippen LogP contribution in [0.4, 0.5) is 0 Å². The Bertz CT molecular complexity index is 616. The number of aliphatic hydroxyl groups is 1. The zero-order valence-electron chi connectivity index (χ0n) is 14.3. The number of likely N-dealkylation sites (tertiary alicyclic amines) is 1. The highest BCUT2D eigenvalue weighted by Crippen LogP contribution is 2.24. The molecule has 1 aliphatic rings. The molecule has 2 unspecified atom stereocenters. The predicted octanol–water partition coefficient (Wildman–Crippen LogP) is 2.06. The molecule has 1 aliphatic heterocycles. The Balaban J connectivity index is 2.19. The molecule has 0 bridgehead atoms. The first-order chi connectivity index (χ1) is 10.9. The van der Waals surface area contributed by atoms with Crippen LogP contribution in [0.3, 0.4) is 0 Å². The van der Waals surface area contributed by atoms with E-state index in [0.717, 1.165) is 37.8 Å². The van der Waals surface area contributed by atoms with Crippen LogP contribution in [0.25, 0.3) is 0 Å². The number of hydrogen-bond donors (Lipinski definition) is 1. The van der Waals surface area contributed by atoms with Gasteiger partial charge in [-0.2, -0.15) is 0 Å². The highest BCUT2D eigenvalue weighted by molar-refractivity contribution is 7.89. The minimum Gasteiger partial charge on any atom is -0.392 e. The number of sulfonamides is 1. The van der Waals surface area contributed by atoms with Crippen molar-refractivity contribution in [2.75, 3.05) is 20.6 Å². The van der Waals surface area contributed by atoms with Crippen LogP contribution in [0.2, 0.25) is 0 Å². The van der Waals surface area contributed by atoms with Crippen molar-refractivity contribution in [1.29, 1.82) is 0 Å². The molecule has 1 N–H and O–H groups in total. The minimum atomic E-state index is -3.41. The van der Waals surface area contributed by atoms with Gasteiger partial charge in [0.15, 0.2) is 0 Å². The number of nitrogens with zero attached hydrogens (tertiary/aromatic N) is 2. The molecule has 0 aliphatic carbocycles. The second-order valence-electron chi connectivity index (χ2n) is 6.44. The van der Waals surface area contributed by atoms with E-state index in [2.05, 4.69) is 4.90 Å². The van der Waals surface area contributed by atoms with E-state index in [1.807, 2.05) is 13.0 Å². The van der Waals surface area contributed by atoms with Gasteiger partial charge in [-0.15, -0.1) is 0 Å². The van der Waals surface area contributed by atoms with Crippen LogP contribution >= 0.6 is 0 Å². The molecule has 1 aromatic rings. The van der Waals surface area contributed by atoms with Crippen LogP contribution in [-0.2, 0) is 16.6 Å². The maximum Gasteiger partial charge on any atom is 0.242 e. The van der Waals surface area contributed by atoms with Crippen LogP contribution in [-0.4, -0.2) is 55.5 Å². The summed E-state index contributed by atoms with van der Waals surface area (Å²) < 4.78 is 25.8. The molecular formula is C17H28N2O3S. The molecule has 2 atom stereocenters. The summed E-state index contributed by atoms with van der Waals surface area (Å²) in [6.45, 7) is 3.63. The molecule has 0 radical (unpaired) electrons. The van der Waals surface area contributed by atoms with E-state index < -0.39 is 10.0 Å². The van der Waals surface area contributed by atoms with Gasteiger partial charge in [0.05, 0.1) is 11.0 Å². The average Bonchev–Trinajstić information content (AvgIpc) is 2.54. The van der Waals surface area contributed by atoms with Crippen molar-refractivity contribution < 1.29 is 13.5 Å². The SMILES string of the molecule is CCC(O)C1CCCCN1Cc1cccc(S(=O)(=O)N(C)C)c1. The Labute approximate surface area is 140 Å². The van der Waals surface area contributed by atoms with Gasteiger partial charge in [0.1, 0.15) is 0 Å². The fourth-order valence-electron chi connectivity index (χ4n) is 3.17. The second-order valence-corrected chi connectivity index (χ2v) is 8.60. The first-order valence-corrected chi connectivity index (χ1v) is 9.74. The van der Waals surface area contributed by atoms with Crippen molar-refractivity contribution in [3.8, 4) is 0 Å². The summed E-state index contributed by atoms with van der Waals surface area (Å²) in [4.78, 5) is 2.61. The van der Waals surface area contributed by atoms with E-state index in [-0.39, 0.29) is 12.1 Å². The lowest BCUT2D eigenvalue weighted by Crippen LogP contribution is -2.46. The first kappa shape index (κ1) is 18.4. The van der Waals surface area contributed by atoms with Crippen LogP contribution in [0.5, 0.6) is 0 Å². The van der Waals surface area contributed by atoms with Gasteiger partial charge in [-0.3, -0.25) is 4.90 Å². The van der Waals surface area contributed by atoms with E-state index in [1.165, 1.54) is 4.31 Å². The standard InChI is InChI=1S/C17H28N2O3S/c1-4-17(20)16-10-5-6-11-19(16)13-14-8-7-9-15(12-14)23(21,22)18(2)3/h7-9,12,16-17,20H,4-6,10-11,13H2,1-3H3. The van der Waals surface area contributed by atoms with E-state index in [4.69, 9.17) is 0 Å². The number of hydrogen-bond acceptors (Lipinski definition) is 4. The third-order valence-electron chi connectivity index (χ3n) is 4.59. The summed E-state index contributed by atoms with van der Waals surface area (Å²) in [5, 5.41) is 10.2. The molecule has 0 spiro atoms. The van der Waals surface area contributed by atoms with E-state index in [9.17, 15) is 13.5 Å². The van der Waals surface area contributed by atoms with Crippen molar-refractivity contribution >= 4 is 10.0 Å². The molecule has 2 rings (SSSR count). The summed E-state index contributed by atoms with van der Waals surface area (Å²) in [6.07, 6.45) is 3.71. The van der Waals surface area contributed by atoms with Crippen LogP contribution < -0.4 is 0 Å². The Kier molecular flexibility index (Phi) is 6.19. The zero-order valence-corrected chi connectivity index (χ0v) is 15.1. The van der Waals surface area contributed by atoms with E-state index >= 15 is 0 Å². The molecule has 0 amide bonds. The molecule has 6 heteroatoms. The van der Waals surface area contributed by atoms with Crippen molar-refractivity contribution in [3.63, 3.8) is 0 Å². The second kappa shape index (κ2) is 7.75. The summed E-state index contributed by atoms with van der Waals surface area (Å²) in [6, 6.07) is 7.30. The summed E-state index contributed by atoms with van der Waals surface area (Å²) in [5.74, 6) is 0. The Morgan fingerprint density at radius 3 is 2.74 bits per heavy atom. The number of benzene rings is 1. The first-order valence-electron chi connectivity index (χ1n) is 8.30. The van der Waals surface area contributed by atoms with Crippen molar-refractivity contribution in [2.45, 2.75) is 56.2 Å². The van der Waals surface area contributed by atoms with E-state index in [1.54, 1.807) is 32.3 Å². The number of rotatable bonds is 6. The molecular weight excluding hydrogens is 312 g/mol. The van der Waals surface area contributed by atoms with E-state index in [0.29, 0.717) is 11.4 Å². The van der Waals surface area contributed by atoms with Crippen LogP contribution in [0.15, 0.2) is 29.2 Å². The lowest BCUT2D eigenvalue weighted by atomic mass is 9.95. The maximum absolute atomic E-state index is 12.3. The lowest BCUT2D eigenvalue weighted by Gasteiger charge is -2.38. The molecule has 0 aromatic heterocycles. The van der Waals surface area contributed by atoms with Crippen LogP contribution in [0.1, 0.15) is 38.2 Å². The minimum absolute atomic E-state index is 0.169. The van der Waals surface area contributed by atoms with Crippen molar-refractivity contribution in [2.24, 2.45) is 0 Å². The van der Waals surface area contributed by atoms with Gasteiger partial charge in [0, 0.05) is 26.7 Å². The molecule has 1 heterocycles. The van der Waals surface area contributed by atoms with Gasteiger partial charge in [-0.1, -0.05) is 25.5 Å². The van der Waals surface area contributed by atoms with Gasteiger partial charge in [-0.05, 0) is 43.5 Å². The Hall–Kier alpha value is -0.950. The molecule has 1 aromatic carbocycles. The quantitative estimate of drug-likeness (QED) is 0.861. The third-order valence-corrected chi connectivity index (χ3v) is 6.40. The summed E-state index contributed by atoms with van der Waals surface area (Å²) in [7, 11) is -0.325. The van der Waals surface area contributed by atoms with Crippen molar-refractivity contribution in [1.82, 2.24) is 9.21 Å². The highest BCUT2D eigenvalue weighted by atomic mass is 32.2. The molecule has 130 valence electrons. The fourth-order valence-corrected chi connectivity index (χ4v) is 4.14. The van der Waals surface area contributed by atoms with Gasteiger partial charge in [-0.25, -0.2) is 12.7 Å². The third kappa shape index (κ3) is 4.32. The van der Waals surface area contributed by atoms with Gasteiger partial charge >= 0.3 is 0 Å². The normalized spacial score (nSPS) is 21.5. The Morgan fingerprint density at radius 1 is 1.35 bits per heavy atom. The highest BCUT2D eigenvalue weighted by Gasteiger charge is 2.28. The largest absolute Gasteiger partial charge is 0.392 e. The monoisotopic (exact) mass is 340 g/mol. The zero-order chi connectivity index (χ0) is 17.0. The number of aliphatic hydroxyl groups excluding tert-OH is 1. The molecule has 23 heavy (non-hydrogen) atoms. The lowest BCUT2D eigenvalue weighted by molar-refractivity contribution is 0.0195. The van der Waals surface area contributed by atoms with Gasteiger partial charge < -0.3 is 5.11 Å². The molecule has 5 nitrogen and oxygen atoms in total. The van der Waals surface area contributed by atoms with Gasteiger partial charge in [0.25, 0.3) is 0 Å².